The van der Waals surface area contributed by atoms with Crippen LogP contribution in [0, 0.1) is 0 Å². The van der Waals surface area contributed by atoms with Gasteiger partial charge in [-0.25, -0.2) is 0 Å². The van der Waals surface area contributed by atoms with E-state index < -0.39 is 0 Å². The Balaban J connectivity index is 1.95. The maximum absolute atomic E-state index is 12.1. The lowest BCUT2D eigenvalue weighted by atomic mass is 10.3. The molecular formula is C15H16N2OS. The third-order valence-electron chi connectivity index (χ3n) is 2.74. The number of carbonyl (C=O) groups is 1. The van der Waals surface area contributed by atoms with Gasteiger partial charge in [-0.1, -0.05) is 24.3 Å². The van der Waals surface area contributed by atoms with Crippen molar-refractivity contribution >= 4 is 29.0 Å². The van der Waals surface area contributed by atoms with E-state index in [-0.39, 0.29) is 5.91 Å². The monoisotopic (exact) mass is 272 g/mol. The zero-order valence-electron chi connectivity index (χ0n) is 10.7. The van der Waals surface area contributed by atoms with Gasteiger partial charge >= 0.3 is 0 Å². The zero-order chi connectivity index (χ0) is 13.7. The van der Waals surface area contributed by atoms with Crippen LogP contribution in [0.15, 0.2) is 59.5 Å². The smallest absolute Gasteiger partial charge is 0.237 e. The first kappa shape index (κ1) is 13.5. The minimum atomic E-state index is 0.0682. The van der Waals surface area contributed by atoms with Crippen LogP contribution in [0.4, 0.5) is 11.4 Å². The molecule has 0 fully saturated rings. The van der Waals surface area contributed by atoms with Crippen molar-refractivity contribution in [2.24, 2.45) is 0 Å². The first-order valence-corrected chi connectivity index (χ1v) is 6.95. The van der Waals surface area contributed by atoms with Crippen molar-refractivity contribution in [1.82, 2.24) is 0 Å². The highest BCUT2D eigenvalue weighted by molar-refractivity contribution is 8.00. The highest BCUT2D eigenvalue weighted by Crippen LogP contribution is 2.21. The average Bonchev–Trinajstić information content (AvgIpc) is 2.45. The molecule has 0 heterocycles. The Kier molecular flexibility index (Phi) is 4.47. The zero-order valence-corrected chi connectivity index (χ0v) is 11.6. The Morgan fingerprint density at radius 1 is 1.16 bits per heavy atom. The summed E-state index contributed by atoms with van der Waals surface area (Å²) in [5, 5.41) is 0. The van der Waals surface area contributed by atoms with E-state index in [1.807, 2.05) is 54.6 Å². The fourth-order valence-electron chi connectivity index (χ4n) is 1.64. The largest absolute Gasteiger partial charge is 0.399 e. The first-order valence-electron chi connectivity index (χ1n) is 5.97. The summed E-state index contributed by atoms with van der Waals surface area (Å²) >= 11 is 1.49. The quantitative estimate of drug-likeness (QED) is 0.687. The minimum absolute atomic E-state index is 0.0682. The van der Waals surface area contributed by atoms with Crippen molar-refractivity contribution in [3.63, 3.8) is 0 Å². The number of nitrogens with two attached hydrogens (primary N) is 1. The topological polar surface area (TPSA) is 46.3 Å². The number of hydrogen-bond acceptors (Lipinski definition) is 3. The number of benzene rings is 2. The highest BCUT2D eigenvalue weighted by Gasteiger charge is 2.10. The van der Waals surface area contributed by atoms with E-state index in [0.717, 1.165) is 10.6 Å². The molecule has 0 atom stereocenters. The number of anilines is 2. The highest BCUT2D eigenvalue weighted by atomic mass is 32.2. The summed E-state index contributed by atoms with van der Waals surface area (Å²) in [6.07, 6.45) is 0. The molecule has 1 amide bonds. The van der Waals surface area contributed by atoms with Gasteiger partial charge in [0, 0.05) is 23.3 Å². The summed E-state index contributed by atoms with van der Waals surface area (Å²) in [6.45, 7) is 0. The Morgan fingerprint density at radius 2 is 1.89 bits per heavy atom. The number of thioether (sulfide) groups is 1. The summed E-state index contributed by atoms with van der Waals surface area (Å²) in [7, 11) is 1.79. The summed E-state index contributed by atoms with van der Waals surface area (Å²) in [5.41, 5.74) is 7.33. The normalized spacial score (nSPS) is 10.2. The average molecular weight is 272 g/mol. The molecule has 0 aromatic heterocycles. The van der Waals surface area contributed by atoms with Crippen molar-refractivity contribution in [2.75, 3.05) is 23.4 Å². The van der Waals surface area contributed by atoms with Crippen LogP contribution in [-0.2, 0) is 4.79 Å². The second-order valence-corrected chi connectivity index (χ2v) is 5.20. The Morgan fingerprint density at radius 3 is 2.58 bits per heavy atom. The maximum Gasteiger partial charge on any atom is 0.237 e. The van der Waals surface area contributed by atoms with E-state index in [4.69, 9.17) is 5.73 Å². The van der Waals surface area contributed by atoms with E-state index in [1.165, 1.54) is 11.8 Å². The molecule has 0 saturated carbocycles. The fraction of sp³-hybridized carbons (Fsp3) is 0.133. The molecule has 0 aliphatic carbocycles. The second kappa shape index (κ2) is 6.29. The van der Waals surface area contributed by atoms with Gasteiger partial charge in [0.2, 0.25) is 5.91 Å². The van der Waals surface area contributed by atoms with Gasteiger partial charge in [-0.15, -0.1) is 11.8 Å². The van der Waals surface area contributed by atoms with Crippen LogP contribution < -0.4 is 10.6 Å². The SMILES string of the molecule is CN(C(=O)CSc1cccc(N)c1)c1ccccc1. The Bertz CT molecular complexity index is 557. The molecule has 0 saturated heterocycles. The van der Waals surface area contributed by atoms with Crippen LogP contribution in [0.3, 0.4) is 0 Å². The molecule has 2 aromatic rings. The van der Waals surface area contributed by atoms with Gasteiger partial charge in [0.15, 0.2) is 0 Å². The predicted octanol–water partition coefficient (Wildman–Crippen LogP) is 3.02. The van der Waals surface area contributed by atoms with E-state index in [2.05, 4.69) is 0 Å². The molecule has 2 rings (SSSR count). The second-order valence-electron chi connectivity index (χ2n) is 4.15. The van der Waals surface area contributed by atoms with Crippen molar-refractivity contribution in [3.05, 3.63) is 54.6 Å². The molecule has 3 nitrogen and oxygen atoms in total. The number of rotatable bonds is 4. The lowest BCUT2D eigenvalue weighted by molar-refractivity contribution is -0.115. The van der Waals surface area contributed by atoms with E-state index in [1.54, 1.807) is 11.9 Å². The summed E-state index contributed by atoms with van der Waals surface area (Å²) in [6, 6.07) is 17.2. The molecule has 2 aromatic carbocycles. The molecule has 0 bridgehead atoms. The molecule has 0 aliphatic rings. The number of hydrogen-bond donors (Lipinski definition) is 1. The summed E-state index contributed by atoms with van der Waals surface area (Å²) < 4.78 is 0. The van der Waals surface area contributed by atoms with Crippen LogP contribution in [0.2, 0.25) is 0 Å². The Hall–Kier alpha value is -1.94. The molecular weight excluding hydrogens is 256 g/mol. The van der Waals surface area contributed by atoms with Crippen molar-refractivity contribution < 1.29 is 4.79 Å². The molecule has 0 spiro atoms. The molecule has 0 aliphatic heterocycles. The van der Waals surface area contributed by atoms with Crippen molar-refractivity contribution in [1.29, 1.82) is 0 Å². The van der Waals surface area contributed by atoms with Gasteiger partial charge in [0.05, 0.1) is 5.75 Å². The molecule has 19 heavy (non-hydrogen) atoms. The van der Waals surface area contributed by atoms with Gasteiger partial charge in [-0.05, 0) is 30.3 Å². The van der Waals surface area contributed by atoms with E-state index >= 15 is 0 Å². The lowest BCUT2D eigenvalue weighted by Crippen LogP contribution is -2.27. The van der Waals surface area contributed by atoms with Crippen LogP contribution >= 0.6 is 11.8 Å². The fourth-order valence-corrected chi connectivity index (χ4v) is 2.52. The van der Waals surface area contributed by atoms with Crippen molar-refractivity contribution in [2.45, 2.75) is 4.90 Å². The van der Waals surface area contributed by atoms with Crippen LogP contribution in [0.1, 0.15) is 0 Å². The van der Waals surface area contributed by atoms with Crippen LogP contribution in [0.5, 0.6) is 0 Å². The van der Waals surface area contributed by atoms with Gasteiger partial charge in [-0.3, -0.25) is 4.79 Å². The van der Waals surface area contributed by atoms with Crippen LogP contribution in [0.25, 0.3) is 0 Å². The molecule has 4 heteroatoms. The lowest BCUT2D eigenvalue weighted by Gasteiger charge is -2.16. The number of amides is 1. The summed E-state index contributed by atoms with van der Waals surface area (Å²) in [5.74, 6) is 0.466. The van der Waals surface area contributed by atoms with Gasteiger partial charge < -0.3 is 10.6 Å². The molecule has 2 N–H and O–H groups in total. The third kappa shape index (κ3) is 3.76. The number of carbonyl (C=O) groups excluding carboxylic acids is 1. The van der Waals surface area contributed by atoms with Gasteiger partial charge in [0.25, 0.3) is 0 Å². The minimum Gasteiger partial charge on any atom is -0.399 e. The first-order chi connectivity index (χ1) is 9.16. The van der Waals surface area contributed by atoms with Gasteiger partial charge in [-0.2, -0.15) is 0 Å². The number of nitrogens with zero attached hydrogens (tertiary/aromatic N) is 1. The molecule has 0 unspecified atom stereocenters. The van der Waals surface area contributed by atoms with Crippen LogP contribution in [-0.4, -0.2) is 18.7 Å². The molecule has 0 radical (unpaired) electrons. The number of nitrogen functional groups attached to an aromatic ring is 1. The predicted molar refractivity (Wildman–Crippen MR) is 81.4 cm³/mol. The molecule has 98 valence electrons. The Labute approximate surface area is 117 Å². The third-order valence-corrected chi connectivity index (χ3v) is 3.72. The van der Waals surface area contributed by atoms with Crippen molar-refractivity contribution in [3.8, 4) is 0 Å². The van der Waals surface area contributed by atoms with E-state index in [0.29, 0.717) is 11.4 Å². The standard InChI is InChI=1S/C15H16N2OS/c1-17(13-7-3-2-4-8-13)15(18)11-19-14-9-5-6-12(16)10-14/h2-10H,11,16H2,1H3. The summed E-state index contributed by atoms with van der Waals surface area (Å²) in [4.78, 5) is 14.8. The maximum atomic E-state index is 12.1. The van der Waals surface area contributed by atoms with E-state index in [9.17, 15) is 4.79 Å². The number of para-hydroxylation sites is 1. The van der Waals surface area contributed by atoms with Gasteiger partial charge in [0.1, 0.15) is 0 Å².